The van der Waals surface area contributed by atoms with Gasteiger partial charge in [-0.3, -0.25) is 4.79 Å². The third-order valence-electron chi connectivity index (χ3n) is 2.56. The van der Waals surface area contributed by atoms with Crippen LogP contribution < -0.4 is 5.32 Å². The quantitative estimate of drug-likeness (QED) is 0.533. The Morgan fingerprint density at radius 2 is 2.12 bits per heavy atom. The molecule has 5 heteroatoms. The summed E-state index contributed by atoms with van der Waals surface area (Å²) in [6, 6.07) is 4.14. The predicted octanol–water partition coefficient (Wildman–Crippen LogP) is 0.208. The van der Waals surface area contributed by atoms with Gasteiger partial charge in [-0.1, -0.05) is 0 Å². The van der Waals surface area contributed by atoms with Gasteiger partial charge in [-0.05, 0) is 38.2 Å². The van der Waals surface area contributed by atoms with Crippen molar-refractivity contribution in [1.29, 1.82) is 0 Å². The molecule has 2 unspecified atom stereocenters. The van der Waals surface area contributed by atoms with Gasteiger partial charge in [-0.25, -0.2) is 0 Å². The molecule has 0 radical (unpaired) electrons. The Kier molecular flexibility index (Phi) is 5.09. The molecule has 0 saturated carbocycles. The number of aliphatic hydroxyl groups is 2. The van der Waals surface area contributed by atoms with Crippen LogP contribution in [-0.4, -0.2) is 41.3 Å². The SMILES string of the molecule is CNCCC(O)C(O)c1cc(C=O)ccc1O. The highest BCUT2D eigenvalue weighted by molar-refractivity contribution is 5.75. The summed E-state index contributed by atoms with van der Waals surface area (Å²) in [5.41, 5.74) is 0.510. The molecule has 0 saturated heterocycles. The molecule has 0 spiro atoms. The maximum absolute atomic E-state index is 10.6. The lowest BCUT2D eigenvalue weighted by Gasteiger charge is -2.19. The molecular weight excluding hydrogens is 222 g/mol. The fraction of sp³-hybridized carbons (Fsp3) is 0.417. The van der Waals surface area contributed by atoms with Gasteiger partial charge in [0.1, 0.15) is 18.1 Å². The molecule has 0 aromatic heterocycles. The first-order chi connectivity index (χ1) is 8.10. The van der Waals surface area contributed by atoms with Crippen molar-refractivity contribution >= 4 is 6.29 Å². The highest BCUT2D eigenvalue weighted by atomic mass is 16.3. The lowest BCUT2D eigenvalue weighted by Crippen LogP contribution is -2.23. The standard InChI is InChI=1S/C12H17NO4/c1-13-5-4-11(16)12(17)9-6-8(7-14)2-3-10(9)15/h2-3,6-7,11-13,15-17H,4-5H2,1H3. The maximum atomic E-state index is 10.6. The zero-order valence-electron chi connectivity index (χ0n) is 9.63. The first-order valence-electron chi connectivity index (χ1n) is 5.39. The lowest BCUT2D eigenvalue weighted by molar-refractivity contribution is 0.0127. The average molecular weight is 239 g/mol. The summed E-state index contributed by atoms with van der Waals surface area (Å²) in [5.74, 6) is -0.133. The summed E-state index contributed by atoms with van der Waals surface area (Å²) in [6.07, 6.45) is -1.23. The molecule has 0 fully saturated rings. The number of rotatable bonds is 6. The number of benzene rings is 1. The summed E-state index contributed by atoms with van der Waals surface area (Å²) in [5, 5.41) is 32.0. The van der Waals surface area contributed by atoms with Crippen molar-refractivity contribution < 1.29 is 20.1 Å². The third-order valence-corrected chi connectivity index (χ3v) is 2.56. The van der Waals surface area contributed by atoms with Gasteiger partial charge in [0.25, 0.3) is 0 Å². The topological polar surface area (TPSA) is 89.8 Å². The van der Waals surface area contributed by atoms with Crippen molar-refractivity contribution in [2.45, 2.75) is 18.6 Å². The molecule has 94 valence electrons. The zero-order chi connectivity index (χ0) is 12.8. The van der Waals surface area contributed by atoms with Crippen molar-refractivity contribution in [3.63, 3.8) is 0 Å². The Morgan fingerprint density at radius 3 is 2.71 bits per heavy atom. The van der Waals surface area contributed by atoms with Crippen molar-refractivity contribution in [2.75, 3.05) is 13.6 Å². The summed E-state index contributed by atoms with van der Waals surface area (Å²) in [6.45, 7) is 0.548. The first kappa shape index (κ1) is 13.6. The Balaban J connectivity index is 2.86. The van der Waals surface area contributed by atoms with Gasteiger partial charge in [-0.2, -0.15) is 0 Å². The van der Waals surface area contributed by atoms with Gasteiger partial charge in [-0.15, -0.1) is 0 Å². The van der Waals surface area contributed by atoms with E-state index in [0.717, 1.165) is 0 Å². The molecule has 0 aliphatic rings. The molecule has 4 N–H and O–H groups in total. The van der Waals surface area contributed by atoms with Crippen LogP contribution >= 0.6 is 0 Å². The van der Waals surface area contributed by atoms with E-state index in [4.69, 9.17) is 0 Å². The molecule has 0 amide bonds. The van der Waals surface area contributed by atoms with E-state index in [1.807, 2.05) is 0 Å². The molecule has 0 aliphatic carbocycles. The van der Waals surface area contributed by atoms with Gasteiger partial charge in [0, 0.05) is 11.1 Å². The summed E-state index contributed by atoms with van der Waals surface area (Å²) >= 11 is 0. The largest absolute Gasteiger partial charge is 0.508 e. The van der Waals surface area contributed by atoms with Crippen LogP contribution in [-0.2, 0) is 0 Å². The van der Waals surface area contributed by atoms with Crippen LogP contribution in [0, 0.1) is 0 Å². The number of hydrogen-bond acceptors (Lipinski definition) is 5. The molecule has 0 aliphatic heterocycles. The Bertz CT molecular complexity index is 381. The summed E-state index contributed by atoms with van der Waals surface area (Å²) in [4.78, 5) is 10.6. The minimum Gasteiger partial charge on any atom is -0.508 e. The Morgan fingerprint density at radius 1 is 1.41 bits per heavy atom. The minimum absolute atomic E-state index is 0.133. The molecule has 0 bridgehead atoms. The van der Waals surface area contributed by atoms with Gasteiger partial charge in [0.15, 0.2) is 0 Å². The third kappa shape index (κ3) is 3.52. The van der Waals surface area contributed by atoms with Crippen LogP contribution in [0.25, 0.3) is 0 Å². The normalized spacial score (nSPS) is 14.3. The lowest BCUT2D eigenvalue weighted by atomic mass is 9.99. The molecule has 5 nitrogen and oxygen atoms in total. The molecule has 2 atom stereocenters. The van der Waals surface area contributed by atoms with E-state index >= 15 is 0 Å². The van der Waals surface area contributed by atoms with Crippen LogP contribution in [0.2, 0.25) is 0 Å². The van der Waals surface area contributed by atoms with E-state index in [9.17, 15) is 20.1 Å². The van der Waals surface area contributed by atoms with Crippen molar-refractivity contribution in [3.05, 3.63) is 29.3 Å². The monoisotopic (exact) mass is 239 g/mol. The number of carbonyl (C=O) groups is 1. The molecular formula is C12H17NO4. The number of hydrogen-bond donors (Lipinski definition) is 4. The number of aliphatic hydroxyl groups excluding tert-OH is 2. The van der Waals surface area contributed by atoms with Crippen LogP contribution in [0.1, 0.15) is 28.4 Å². The van der Waals surface area contributed by atoms with E-state index in [1.54, 1.807) is 7.05 Å². The second-order valence-electron chi connectivity index (χ2n) is 3.84. The maximum Gasteiger partial charge on any atom is 0.150 e. The van der Waals surface area contributed by atoms with Crippen LogP contribution in [0.5, 0.6) is 5.75 Å². The number of nitrogens with one attached hydrogen (secondary N) is 1. The van der Waals surface area contributed by atoms with E-state index < -0.39 is 12.2 Å². The smallest absolute Gasteiger partial charge is 0.150 e. The van der Waals surface area contributed by atoms with Crippen LogP contribution in [0.4, 0.5) is 0 Å². The fourth-order valence-electron chi connectivity index (χ4n) is 1.54. The minimum atomic E-state index is -1.21. The number of carbonyl (C=O) groups excluding carboxylic acids is 1. The van der Waals surface area contributed by atoms with Crippen molar-refractivity contribution in [2.24, 2.45) is 0 Å². The summed E-state index contributed by atoms with van der Waals surface area (Å²) < 4.78 is 0. The number of phenolic OH excluding ortho intramolecular Hbond substituents is 1. The highest BCUT2D eigenvalue weighted by Crippen LogP contribution is 2.28. The molecule has 1 rings (SSSR count). The van der Waals surface area contributed by atoms with E-state index in [-0.39, 0.29) is 11.3 Å². The molecule has 0 heterocycles. The van der Waals surface area contributed by atoms with E-state index in [1.165, 1.54) is 18.2 Å². The van der Waals surface area contributed by atoms with E-state index in [0.29, 0.717) is 24.8 Å². The van der Waals surface area contributed by atoms with E-state index in [2.05, 4.69) is 5.32 Å². The number of aromatic hydroxyl groups is 1. The predicted molar refractivity (Wildman–Crippen MR) is 63.0 cm³/mol. The van der Waals surface area contributed by atoms with Crippen molar-refractivity contribution in [3.8, 4) is 5.75 Å². The fourth-order valence-corrected chi connectivity index (χ4v) is 1.54. The zero-order valence-corrected chi connectivity index (χ0v) is 9.63. The number of phenols is 1. The van der Waals surface area contributed by atoms with Gasteiger partial charge in [0.2, 0.25) is 0 Å². The van der Waals surface area contributed by atoms with Crippen LogP contribution in [0.3, 0.4) is 0 Å². The number of aldehydes is 1. The van der Waals surface area contributed by atoms with Crippen LogP contribution in [0.15, 0.2) is 18.2 Å². The average Bonchev–Trinajstić information content (AvgIpc) is 2.35. The van der Waals surface area contributed by atoms with Gasteiger partial charge < -0.3 is 20.6 Å². The molecule has 1 aromatic carbocycles. The van der Waals surface area contributed by atoms with Gasteiger partial charge in [0.05, 0.1) is 6.10 Å². The Hall–Kier alpha value is -1.43. The second-order valence-corrected chi connectivity index (χ2v) is 3.84. The second kappa shape index (κ2) is 6.34. The Labute approximate surface area is 99.7 Å². The molecule has 17 heavy (non-hydrogen) atoms. The summed E-state index contributed by atoms with van der Waals surface area (Å²) in [7, 11) is 1.74. The first-order valence-corrected chi connectivity index (χ1v) is 5.39. The molecule has 1 aromatic rings. The van der Waals surface area contributed by atoms with Gasteiger partial charge >= 0.3 is 0 Å². The van der Waals surface area contributed by atoms with Crippen molar-refractivity contribution in [1.82, 2.24) is 5.32 Å². The highest BCUT2D eigenvalue weighted by Gasteiger charge is 2.21.